The lowest BCUT2D eigenvalue weighted by atomic mass is 10.1. The van der Waals surface area contributed by atoms with Gasteiger partial charge in [-0.15, -0.1) is 0 Å². The number of ether oxygens (including phenoxy) is 2. The van der Waals surface area contributed by atoms with Crippen molar-refractivity contribution < 1.29 is 33.8 Å². The first-order valence-electron chi connectivity index (χ1n) is 6.32. The Labute approximate surface area is 121 Å². The average Bonchev–Trinajstić information content (AvgIpc) is 2.95. The molecule has 118 valence electrons. The minimum atomic E-state index is -1.37. The predicted octanol–water partition coefficient (Wildman–Crippen LogP) is -0.793. The molecule has 0 bridgehead atoms. The van der Waals surface area contributed by atoms with Gasteiger partial charge in [-0.05, 0) is 6.42 Å². The molecule has 2 atom stereocenters. The molecule has 1 saturated heterocycles. The summed E-state index contributed by atoms with van der Waals surface area (Å²) < 4.78 is 8.97. The summed E-state index contributed by atoms with van der Waals surface area (Å²) in [6.45, 7) is 0.471. The minimum absolute atomic E-state index is 0.156. The molecule has 0 spiro atoms. The summed E-state index contributed by atoms with van der Waals surface area (Å²) in [6.07, 6.45) is -0.0132. The molecule has 1 heterocycles. The molecule has 0 aromatic rings. The van der Waals surface area contributed by atoms with E-state index in [0.29, 0.717) is 13.0 Å². The van der Waals surface area contributed by atoms with Crippen LogP contribution in [0.2, 0.25) is 0 Å². The topological polar surface area (TPSA) is 122 Å². The van der Waals surface area contributed by atoms with Crippen molar-refractivity contribution in [3.8, 4) is 0 Å². The first-order valence-corrected chi connectivity index (χ1v) is 6.32. The summed E-state index contributed by atoms with van der Waals surface area (Å²) in [7, 11) is 2.40. The number of urea groups is 1. The molecule has 9 heteroatoms. The number of rotatable bonds is 5. The number of nitrogens with one attached hydrogen (secondary N) is 1. The molecule has 1 fully saturated rings. The van der Waals surface area contributed by atoms with Gasteiger partial charge in [0.15, 0.2) is 0 Å². The maximum absolute atomic E-state index is 11.9. The van der Waals surface area contributed by atoms with E-state index < -0.39 is 42.3 Å². The summed E-state index contributed by atoms with van der Waals surface area (Å²) in [4.78, 5) is 46.7. The molecule has 21 heavy (non-hydrogen) atoms. The number of nitrogens with zero attached hydrogens (tertiary/aromatic N) is 1. The highest BCUT2D eigenvalue weighted by atomic mass is 16.5. The molecule has 0 radical (unpaired) electrons. The van der Waals surface area contributed by atoms with Crippen LogP contribution in [0.5, 0.6) is 0 Å². The lowest BCUT2D eigenvalue weighted by molar-refractivity contribution is -0.147. The Hall–Kier alpha value is -2.32. The van der Waals surface area contributed by atoms with Gasteiger partial charge in [-0.3, -0.25) is 9.59 Å². The summed E-state index contributed by atoms with van der Waals surface area (Å²) in [5, 5.41) is 11.2. The van der Waals surface area contributed by atoms with Crippen molar-refractivity contribution in [3.63, 3.8) is 0 Å². The third-order valence-corrected chi connectivity index (χ3v) is 3.20. The second kappa shape index (κ2) is 7.46. The summed E-state index contributed by atoms with van der Waals surface area (Å²) >= 11 is 0. The molecule has 1 unspecified atom stereocenters. The van der Waals surface area contributed by atoms with Gasteiger partial charge in [0.25, 0.3) is 0 Å². The minimum Gasteiger partial charge on any atom is -0.480 e. The molecular formula is C12H18N2O7. The molecule has 1 aliphatic heterocycles. The number of carboxylic acids is 1. The maximum Gasteiger partial charge on any atom is 0.326 e. The van der Waals surface area contributed by atoms with Crippen molar-refractivity contribution in [2.45, 2.75) is 18.9 Å². The number of likely N-dealkylation sites (tertiary alicyclic amines) is 1. The summed E-state index contributed by atoms with van der Waals surface area (Å²) in [6, 6.07) is -2.01. The van der Waals surface area contributed by atoms with Crippen LogP contribution in [-0.2, 0) is 23.9 Å². The SMILES string of the molecule is COC(=O)C[C@H](NC(=O)N1CCC(C(=O)OC)C1)C(=O)O. The standard InChI is InChI=1S/C12H18N2O7/c1-20-9(15)5-8(10(16)17)13-12(19)14-4-3-7(6-14)11(18)21-2/h7-8H,3-6H2,1-2H3,(H,13,19)(H,16,17)/t7?,8-/m0/s1. The first-order chi connectivity index (χ1) is 9.88. The Kier molecular flexibility index (Phi) is 5.94. The molecule has 2 N–H and O–H groups in total. The van der Waals surface area contributed by atoms with Crippen LogP contribution >= 0.6 is 0 Å². The second-order valence-electron chi connectivity index (χ2n) is 4.58. The number of aliphatic carboxylic acids is 1. The van der Waals surface area contributed by atoms with Gasteiger partial charge in [0.1, 0.15) is 6.04 Å². The van der Waals surface area contributed by atoms with Crippen molar-refractivity contribution in [2.75, 3.05) is 27.3 Å². The Balaban J connectivity index is 2.57. The highest BCUT2D eigenvalue weighted by molar-refractivity contribution is 5.87. The molecule has 9 nitrogen and oxygen atoms in total. The van der Waals surface area contributed by atoms with Crippen LogP contribution in [0, 0.1) is 5.92 Å². The van der Waals surface area contributed by atoms with Gasteiger partial charge in [-0.2, -0.15) is 0 Å². The molecule has 0 aromatic heterocycles. The molecule has 2 amide bonds. The summed E-state index contributed by atoms with van der Waals surface area (Å²) in [5.41, 5.74) is 0. The average molecular weight is 302 g/mol. The van der Waals surface area contributed by atoms with Crippen molar-refractivity contribution in [1.29, 1.82) is 0 Å². The zero-order valence-electron chi connectivity index (χ0n) is 11.8. The van der Waals surface area contributed by atoms with E-state index in [1.165, 1.54) is 12.0 Å². The fraction of sp³-hybridized carbons (Fsp3) is 0.667. The Bertz CT molecular complexity index is 437. The van der Waals surface area contributed by atoms with Crippen LogP contribution < -0.4 is 5.32 Å². The van der Waals surface area contributed by atoms with Crippen LogP contribution in [0.3, 0.4) is 0 Å². The zero-order valence-corrected chi connectivity index (χ0v) is 11.8. The van der Waals surface area contributed by atoms with E-state index in [0.717, 1.165) is 7.11 Å². The van der Waals surface area contributed by atoms with E-state index in [4.69, 9.17) is 5.11 Å². The Morgan fingerprint density at radius 2 is 1.95 bits per heavy atom. The van der Waals surface area contributed by atoms with Crippen LogP contribution in [0.15, 0.2) is 0 Å². The monoisotopic (exact) mass is 302 g/mol. The van der Waals surface area contributed by atoms with Gasteiger partial charge in [-0.1, -0.05) is 0 Å². The van der Waals surface area contributed by atoms with E-state index in [9.17, 15) is 19.2 Å². The van der Waals surface area contributed by atoms with E-state index in [1.54, 1.807) is 0 Å². The number of carboxylic acid groups (broad SMARTS) is 1. The number of carbonyl (C=O) groups is 4. The zero-order chi connectivity index (χ0) is 16.0. The number of esters is 2. The van der Waals surface area contributed by atoms with Crippen molar-refractivity contribution >= 4 is 23.9 Å². The van der Waals surface area contributed by atoms with Crippen LogP contribution in [0.25, 0.3) is 0 Å². The Morgan fingerprint density at radius 3 is 2.48 bits per heavy atom. The largest absolute Gasteiger partial charge is 0.480 e. The number of hydrogen-bond donors (Lipinski definition) is 2. The van der Waals surface area contributed by atoms with Crippen LogP contribution in [-0.4, -0.2) is 67.3 Å². The fourth-order valence-corrected chi connectivity index (χ4v) is 1.99. The third kappa shape index (κ3) is 4.62. The van der Waals surface area contributed by atoms with Crippen molar-refractivity contribution in [1.82, 2.24) is 10.2 Å². The number of methoxy groups -OCH3 is 2. The highest BCUT2D eigenvalue weighted by Crippen LogP contribution is 2.17. The number of carbonyl (C=O) groups excluding carboxylic acids is 3. The second-order valence-corrected chi connectivity index (χ2v) is 4.58. The molecular weight excluding hydrogens is 284 g/mol. The quantitative estimate of drug-likeness (QED) is 0.638. The molecule has 0 saturated carbocycles. The molecule has 0 aromatic carbocycles. The summed E-state index contributed by atoms with van der Waals surface area (Å²) in [5.74, 6) is -2.90. The highest BCUT2D eigenvalue weighted by Gasteiger charge is 2.33. The van der Waals surface area contributed by atoms with Gasteiger partial charge < -0.3 is 24.8 Å². The lowest BCUT2D eigenvalue weighted by Crippen LogP contribution is -2.48. The molecule has 0 aliphatic carbocycles. The van der Waals surface area contributed by atoms with Gasteiger partial charge in [0.2, 0.25) is 0 Å². The van der Waals surface area contributed by atoms with Crippen LogP contribution in [0.1, 0.15) is 12.8 Å². The van der Waals surface area contributed by atoms with Crippen molar-refractivity contribution in [2.24, 2.45) is 5.92 Å². The molecule has 1 aliphatic rings. The fourth-order valence-electron chi connectivity index (χ4n) is 1.99. The van der Waals surface area contributed by atoms with Crippen molar-refractivity contribution in [3.05, 3.63) is 0 Å². The lowest BCUT2D eigenvalue weighted by Gasteiger charge is -2.20. The maximum atomic E-state index is 11.9. The molecule has 1 rings (SSSR count). The van der Waals surface area contributed by atoms with E-state index in [2.05, 4.69) is 14.8 Å². The smallest absolute Gasteiger partial charge is 0.326 e. The number of hydrogen-bond acceptors (Lipinski definition) is 6. The first kappa shape index (κ1) is 16.7. The Morgan fingerprint density at radius 1 is 1.29 bits per heavy atom. The van der Waals surface area contributed by atoms with E-state index >= 15 is 0 Å². The van der Waals surface area contributed by atoms with Gasteiger partial charge in [-0.25, -0.2) is 9.59 Å². The third-order valence-electron chi connectivity index (χ3n) is 3.20. The van der Waals surface area contributed by atoms with E-state index in [-0.39, 0.29) is 6.54 Å². The van der Waals surface area contributed by atoms with Gasteiger partial charge in [0.05, 0.1) is 26.6 Å². The van der Waals surface area contributed by atoms with Gasteiger partial charge >= 0.3 is 23.9 Å². The van der Waals surface area contributed by atoms with Gasteiger partial charge in [0, 0.05) is 13.1 Å². The predicted molar refractivity (Wildman–Crippen MR) is 68.3 cm³/mol. The normalized spacial score (nSPS) is 18.8. The number of amides is 2. The van der Waals surface area contributed by atoms with E-state index in [1.807, 2.05) is 0 Å². The van der Waals surface area contributed by atoms with Crippen LogP contribution in [0.4, 0.5) is 4.79 Å².